The molecule has 1 aliphatic carbocycles. The van der Waals surface area contributed by atoms with Gasteiger partial charge in [-0.25, -0.2) is 5.43 Å². The van der Waals surface area contributed by atoms with Crippen molar-refractivity contribution in [3.63, 3.8) is 0 Å². The molecule has 0 amide bonds. The molecule has 3 N–H and O–H groups in total. The van der Waals surface area contributed by atoms with Crippen LogP contribution in [-0.2, 0) is 7.05 Å². The minimum Gasteiger partial charge on any atom is -0.272 e. The molecule has 21 heavy (non-hydrogen) atoms. The average Bonchev–Trinajstić information content (AvgIpc) is 2.66. The highest BCUT2D eigenvalue weighted by Crippen LogP contribution is 2.37. The van der Waals surface area contributed by atoms with E-state index in [9.17, 15) is 0 Å². The maximum atomic E-state index is 5.83. The van der Waals surface area contributed by atoms with E-state index >= 15 is 0 Å². The third kappa shape index (κ3) is 2.49. The zero-order chi connectivity index (χ0) is 15.0. The maximum Gasteiger partial charge on any atom is 0.0746 e. The van der Waals surface area contributed by atoms with Crippen LogP contribution in [0.1, 0.15) is 59.3 Å². The van der Waals surface area contributed by atoms with Crippen molar-refractivity contribution in [2.45, 2.75) is 45.1 Å². The predicted octanol–water partition coefficient (Wildman–Crippen LogP) is 2.86. The van der Waals surface area contributed by atoms with Crippen LogP contribution in [0.4, 0.5) is 0 Å². The highest BCUT2D eigenvalue weighted by atomic mass is 15.3. The van der Waals surface area contributed by atoms with Gasteiger partial charge in [-0.2, -0.15) is 5.10 Å². The summed E-state index contributed by atoms with van der Waals surface area (Å²) in [6.45, 7) is 4.12. The molecule has 2 aromatic rings. The molecule has 1 atom stereocenters. The summed E-state index contributed by atoms with van der Waals surface area (Å²) in [5, 5.41) is 4.49. The summed E-state index contributed by atoms with van der Waals surface area (Å²) < 4.78 is 1.91. The Hall–Kier alpha value is -1.65. The molecular formula is C17H24N4. The van der Waals surface area contributed by atoms with Gasteiger partial charge in [0.1, 0.15) is 0 Å². The number of aromatic nitrogens is 2. The molecule has 1 saturated carbocycles. The molecule has 0 spiro atoms. The summed E-state index contributed by atoms with van der Waals surface area (Å²) in [4.78, 5) is 0. The molecule has 1 unspecified atom stereocenters. The van der Waals surface area contributed by atoms with E-state index in [1.54, 1.807) is 0 Å². The smallest absolute Gasteiger partial charge is 0.0746 e. The van der Waals surface area contributed by atoms with Crippen LogP contribution in [0.2, 0.25) is 0 Å². The molecule has 0 aliphatic heterocycles. The van der Waals surface area contributed by atoms with Gasteiger partial charge in [0.25, 0.3) is 0 Å². The number of hydrazine groups is 1. The van der Waals surface area contributed by atoms with E-state index in [2.05, 4.69) is 41.7 Å². The molecule has 1 aliphatic rings. The van der Waals surface area contributed by atoms with Crippen molar-refractivity contribution in [3.8, 4) is 0 Å². The minimum atomic E-state index is -0.00543. The van der Waals surface area contributed by atoms with Gasteiger partial charge in [-0.15, -0.1) is 0 Å². The Labute approximate surface area is 126 Å². The molecule has 1 aromatic carbocycles. The summed E-state index contributed by atoms with van der Waals surface area (Å²) in [5.41, 5.74) is 8.96. The van der Waals surface area contributed by atoms with Gasteiger partial charge in [0.2, 0.25) is 0 Å². The first-order valence-electron chi connectivity index (χ1n) is 7.68. The quantitative estimate of drug-likeness (QED) is 0.670. The van der Waals surface area contributed by atoms with Crippen LogP contribution in [0.5, 0.6) is 0 Å². The minimum absolute atomic E-state index is 0.00543. The summed E-state index contributed by atoms with van der Waals surface area (Å²) in [6, 6.07) is 8.90. The highest BCUT2D eigenvalue weighted by Gasteiger charge is 2.22. The molecule has 1 aromatic heterocycles. The number of nitrogens with zero attached hydrogens (tertiary/aromatic N) is 2. The lowest BCUT2D eigenvalue weighted by Gasteiger charge is -2.26. The molecular weight excluding hydrogens is 260 g/mol. The highest BCUT2D eigenvalue weighted by molar-refractivity contribution is 5.38. The van der Waals surface area contributed by atoms with Gasteiger partial charge in [0, 0.05) is 18.3 Å². The standard InChI is InChI=1S/C17H24N4/c1-11-16(12(2)21(3)20-11)17(19-18)15-9-7-14(8-10-15)13-5-4-6-13/h7-10,13,17,19H,4-6,18H2,1-3H3. The van der Waals surface area contributed by atoms with Crippen molar-refractivity contribution >= 4 is 0 Å². The van der Waals surface area contributed by atoms with E-state index in [0.29, 0.717) is 0 Å². The largest absolute Gasteiger partial charge is 0.272 e. The molecule has 0 radical (unpaired) electrons. The molecule has 3 rings (SSSR count). The topological polar surface area (TPSA) is 55.9 Å². The number of hydrogen-bond donors (Lipinski definition) is 2. The maximum absolute atomic E-state index is 5.83. The fourth-order valence-electron chi connectivity index (χ4n) is 3.26. The summed E-state index contributed by atoms with van der Waals surface area (Å²) in [5.74, 6) is 6.60. The normalized spacial score (nSPS) is 16.8. The second-order valence-electron chi connectivity index (χ2n) is 6.10. The Morgan fingerprint density at radius 1 is 1.24 bits per heavy atom. The number of hydrogen-bond acceptors (Lipinski definition) is 3. The van der Waals surface area contributed by atoms with Gasteiger partial charge in [-0.3, -0.25) is 10.5 Å². The SMILES string of the molecule is Cc1nn(C)c(C)c1C(NN)c1ccc(C2CCC2)cc1. The van der Waals surface area contributed by atoms with E-state index in [0.717, 1.165) is 17.3 Å². The Kier molecular flexibility index (Phi) is 3.83. The molecule has 1 heterocycles. The van der Waals surface area contributed by atoms with E-state index in [1.807, 2.05) is 18.7 Å². The summed E-state index contributed by atoms with van der Waals surface area (Å²) in [7, 11) is 1.97. The number of benzene rings is 1. The van der Waals surface area contributed by atoms with E-state index in [-0.39, 0.29) is 6.04 Å². The third-order valence-electron chi connectivity index (χ3n) is 4.87. The van der Waals surface area contributed by atoms with Crippen LogP contribution in [0.15, 0.2) is 24.3 Å². The lowest BCUT2D eigenvalue weighted by atomic mass is 9.79. The number of aryl methyl sites for hydroxylation is 2. The Bertz CT molecular complexity index is 623. The van der Waals surface area contributed by atoms with Crippen molar-refractivity contribution in [1.82, 2.24) is 15.2 Å². The number of nitrogens with one attached hydrogen (secondary N) is 1. The van der Waals surface area contributed by atoms with Crippen LogP contribution >= 0.6 is 0 Å². The van der Waals surface area contributed by atoms with Gasteiger partial charge in [0.05, 0.1) is 11.7 Å². The zero-order valence-electron chi connectivity index (χ0n) is 13.1. The van der Waals surface area contributed by atoms with Gasteiger partial charge >= 0.3 is 0 Å². The van der Waals surface area contributed by atoms with Gasteiger partial charge in [-0.1, -0.05) is 30.7 Å². The Morgan fingerprint density at radius 3 is 2.33 bits per heavy atom. The Balaban J connectivity index is 1.92. The first-order valence-corrected chi connectivity index (χ1v) is 7.68. The molecule has 112 valence electrons. The summed E-state index contributed by atoms with van der Waals surface area (Å²) >= 11 is 0. The van der Waals surface area contributed by atoms with E-state index < -0.39 is 0 Å². The van der Waals surface area contributed by atoms with Gasteiger partial charge in [0.15, 0.2) is 0 Å². The predicted molar refractivity (Wildman–Crippen MR) is 84.9 cm³/mol. The van der Waals surface area contributed by atoms with Crippen molar-refractivity contribution < 1.29 is 0 Å². The average molecular weight is 284 g/mol. The van der Waals surface area contributed by atoms with Crippen LogP contribution in [0.3, 0.4) is 0 Å². The fraction of sp³-hybridized carbons (Fsp3) is 0.471. The van der Waals surface area contributed by atoms with Gasteiger partial charge < -0.3 is 0 Å². The van der Waals surface area contributed by atoms with Crippen LogP contribution in [0, 0.1) is 13.8 Å². The lowest BCUT2D eigenvalue weighted by Crippen LogP contribution is -2.29. The fourth-order valence-corrected chi connectivity index (χ4v) is 3.26. The monoisotopic (exact) mass is 284 g/mol. The summed E-state index contributed by atoms with van der Waals surface area (Å²) in [6.07, 6.45) is 4.03. The number of nitrogens with two attached hydrogens (primary N) is 1. The van der Waals surface area contributed by atoms with Gasteiger partial charge in [-0.05, 0) is 43.7 Å². The molecule has 0 bridgehead atoms. The molecule has 1 fully saturated rings. The number of rotatable bonds is 4. The lowest BCUT2D eigenvalue weighted by molar-refractivity contribution is 0.419. The molecule has 0 saturated heterocycles. The van der Waals surface area contributed by atoms with Crippen molar-refractivity contribution in [1.29, 1.82) is 0 Å². The molecule has 4 nitrogen and oxygen atoms in total. The van der Waals surface area contributed by atoms with Crippen LogP contribution in [-0.4, -0.2) is 9.78 Å². The zero-order valence-corrected chi connectivity index (χ0v) is 13.1. The van der Waals surface area contributed by atoms with Crippen LogP contribution < -0.4 is 11.3 Å². The Morgan fingerprint density at radius 2 is 1.90 bits per heavy atom. The second-order valence-corrected chi connectivity index (χ2v) is 6.10. The van der Waals surface area contributed by atoms with Crippen LogP contribution in [0.25, 0.3) is 0 Å². The van der Waals surface area contributed by atoms with Crippen molar-refractivity contribution in [3.05, 3.63) is 52.3 Å². The molecule has 4 heteroatoms. The van der Waals surface area contributed by atoms with Crippen molar-refractivity contribution in [2.75, 3.05) is 0 Å². The van der Waals surface area contributed by atoms with E-state index in [4.69, 9.17) is 5.84 Å². The first kappa shape index (κ1) is 14.3. The van der Waals surface area contributed by atoms with Crippen molar-refractivity contribution in [2.24, 2.45) is 12.9 Å². The van der Waals surface area contributed by atoms with E-state index in [1.165, 1.54) is 36.0 Å². The first-order chi connectivity index (χ1) is 10.1. The third-order valence-corrected chi connectivity index (χ3v) is 4.87. The second kappa shape index (κ2) is 5.62.